The summed E-state index contributed by atoms with van der Waals surface area (Å²) in [7, 11) is 1.60. The number of benzene rings is 1. The second-order valence-corrected chi connectivity index (χ2v) is 8.17. The van der Waals surface area contributed by atoms with E-state index in [-0.39, 0.29) is 5.56 Å². The number of methoxy groups -OCH3 is 1. The summed E-state index contributed by atoms with van der Waals surface area (Å²) in [5, 5.41) is 0.889. The summed E-state index contributed by atoms with van der Waals surface area (Å²) in [5.74, 6) is 1.65. The molecule has 0 aliphatic rings. The van der Waals surface area contributed by atoms with Crippen molar-refractivity contribution in [3.8, 4) is 17.2 Å². The second-order valence-electron chi connectivity index (χ2n) is 8.17. The van der Waals surface area contributed by atoms with Gasteiger partial charge in [-0.1, -0.05) is 65.7 Å². The third-order valence-corrected chi connectivity index (χ3v) is 5.60. The van der Waals surface area contributed by atoms with Gasteiger partial charge in [-0.2, -0.15) is 0 Å². The van der Waals surface area contributed by atoms with Gasteiger partial charge in [0.25, 0.3) is 5.56 Å². The van der Waals surface area contributed by atoms with Crippen LogP contribution in [-0.4, -0.2) is 24.9 Å². The highest BCUT2D eigenvalue weighted by atomic mass is 16.5. The number of hydrogen-bond acceptors (Lipinski definition) is 4. The van der Waals surface area contributed by atoms with Crippen molar-refractivity contribution in [3.05, 3.63) is 28.6 Å². The van der Waals surface area contributed by atoms with Crippen LogP contribution in [0.25, 0.3) is 10.9 Å². The van der Waals surface area contributed by atoms with Crippen molar-refractivity contribution in [1.29, 1.82) is 0 Å². The number of rotatable bonds is 16. The molecule has 0 aliphatic carbocycles. The molecule has 0 saturated carbocycles. The number of unbranched alkanes of at least 4 members (excludes halogenated alkanes) is 7. The maximum absolute atomic E-state index is 13.3. The van der Waals surface area contributed by atoms with E-state index in [4.69, 9.17) is 14.2 Å². The first-order valence-electron chi connectivity index (χ1n) is 12.2. The summed E-state index contributed by atoms with van der Waals surface area (Å²) in [6.45, 7) is 8.40. The predicted octanol–water partition coefficient (Wildman–Crippen LogP) is 6.73. The molecule has 0 aliphatic heterocycles. The SMILES string of the molecule is CCCCCCOc1ccc2c(OC)c(OCCCCCC)c(=O)n(CCCC)c2c1. The largest absolute Gasteiger partial charge is 0.494 e. The summed E-state index contributed by atoms with van der Waals surface area (Å²) in [6.07, 6.45) is 11.0. The smallest absolute Gasteiger partial charge is 0.297 e. The zero-order valence-corrected chi connectivity index (χ0v) is 20.0. The van der Waals surface area contributed by atoms with E-state index >= 15 is 0 Å². The first-order chi connectivity index (χ1) is 15.2. The molecular formula is C26H41NO4. The van der Waals surface area contributed by atoms with Gasteiger partial charge in [0.05, 0.1) is 25.8 Å². The molecule has 5 heteroatoms. The quantitative estimate of drug-likeness (QED) is 0.277. The highest BCUT2D eigenvalue weighted by molar-refractivity contribution is 5.89. The van der Waals surface area contributed by atoms with Gasteiger partial charge in [-0.25, -0.2) is 0 Å². The number of fused-ring (bicyclic) bond motifs is 1. The Morgan fingerprint density at radius 2 is 1.42 bits per heavy atom. The van der Waals surface area contributed by atoms with E-state index in [1.54, 1.807) is 7.11 Å². The van der Waals surface area contributed by atoms with Gasteiger partial charge in [0.1, 0.15) is 5.75 Å². The van der Waals surface area contributed by atoms with Gasteiger partial charge in [-0.05, 0) is 31.4 Å². The molecule has 2 aromatic rings. The first-order valence-corrected chi connectivity index (χ1v) is 12.2. The lowest BCUT2D eigenvalue weighted by Gasteiger charge is -2.18. The fourth-order valence-electron chi connectivity index (χ4n) is 3.76. The van der Waals surface area contributed by atoms with Crippen molar-refractivity contribution in [2.75, 3.05) is 20.3 Å². The van der Waals surface area contributed by atoms with Crippen LogP contribution in [0.4, 0.5) is 0 Å². The van der Waals surface area contributed by atoms with Crippen molar-refractivity contribution in [2.45, 2.75) is 91.5 Å². The molecule has 0 saturated heterocycles. The predicted molar refractivity (Wildman–Crippen MR) is 129 cm³/mol. The van der Waals surface area contributed by atoms with E-state index in [0.29, 0.717) is 31.3 Å². The Morgan fingerprint density at radius 1 is 0.774 bits per heavy atom. The van der Waals surface area contributed by atoms with Gasteiger partial charge in [0.15, 0.2) is 5.75 Å². The molecule has 0 radical (unpaired) electrons. The lowest BCUT2D eigenvalue weighted by molar-refractivity contribution is 0.280. The Labute approximate surface area is 187 Å². The van der Waals surface area contributed by atoms with Crippen LogP contribution in [0.5, 0.6) is 17.2 Å². The lowest BCUT2D eigenvalue weighted by atomic mass is 10.1. The molecule has 0 spiro atoms. The molecule has 0 bridgehead atoms. The third-order valence-electron chi connectivity index (χ3n) is 5.60. The number of ether oxygens (including phenoxy) is 3. The first kappa shape index (κ1) is 25.1. The average Bonchev–Trinajstić information content (AvgIpc) is 2.78. The molecule has 0 N–H and O–H groups in total. The molecule has 1 aromatic heterocycles. The third kappa shape index (κ3) is 7.19. The number of aromatic nitrogens is 1. The Balaban J connectivity index is 2.34. The summed E-state index contributed by atoms with van der Waals surface area (Å²) < 4.78 is 19.4. The minimum absolute atomic E-state index is 0.117. The van der Waals surface area contributed by atoms with E-state index in [2.05, 4.69) is 20.8 Å². The molecule has 0 fully saturated rings. The van der Waals surface area contributed by atoms with Crippen molar-refractivity contribution in [1.82, 2.24) is 4.57 Å². The number of aryl methyl sites for hydroxylation is 1. The monoisotopic (exact) mass is 431 g/mol. The van der Waals surface area contributed by atoms with Crippen LogP contribution >= 0.6 is 0 Å². The van der Waals surface area contributed by atoms with E-state index in [9.17, 15) is 4.79 Å². The molecule has 1 aromatic carbocycles. The normalized spacial score (nSPS) is 11.1. The standard InChI is InChI=1S/C26H41NO4/c1-5-8-11-13-18-30-21-15-16-22-23(20-21)27(17-10-7-3)26(28)25(24(22)29-4)31-19-14-12-9-6-2/h15-16,20H,5-14,17-19H2,1-4H3. The van der Waals surface area contributed by atoms with Crippen LogP contribution in [0.2, 0.25) is 0 Å². The highest BCUT2D eigenvalue weighted by Gasteiger charge is 2.19. The minimum atomic E-state index is -0.117. The maximum Gasteiger partial charge on any atom is 0.297 e. The summed E-state index contributed by atoms with van der Waals surface area (Å²) in [4.78, 5) is 13.3. The van der Waals surface area contributed by atoms with Gasteiger partial charge >= 0.3 is 0 Å². The number of pyridine rings is 1. The van der Waals surface area contributed by atoms with Gasteiger partial charge in [-0.3, -0.25) is 4.79 Å². The summed E-state index contributed by atoms with van der Waals surface area (Å²) in [5.41, 5.74) is 0.730. The van der Waals surface area contributed by atoms with Crippen LogP contribution in [-0.2, 0) is 6.54 Å². The molecule has 2 rings (SSSR count). The zero-order valence-electron chi connectivity index (χ0n) is 20.0. The minimum Gasteiger partial charge on any atom is -0.494 e. The van der Waals surface area contributed by atoms with E-state index in [1.807, 2.05) is 22.8 Å². The number of nitrogens with zero attached hydrogens (tertiary/aromatic N) is 1. The van der Waals surface area contributed by atoms with Crippen molar-refractivity contribution >= 4 is 10.9 Å². The van der Waals surface area contributed by atoms with Crippen molar-refractivity contribution in [3.63, 3.8) is 0 Å². The van der Waals surface area contributed by atoms with Gasteiger partial charge in [0.2, 0.25) is 5.75 Å². The maximum atomic E-state index is 13.3. The molecule has 1 heterocycles. The van der Waals surface area contributed by atoms with Crippen LogP contribution in [0, 0.1) is 0 Å². The molecule has 0 amide bonds. The Morgan fingerprint density at radius 3 is 2.03 bits per heavy atom. The second kappa shape index (κ2) is 14.0. The highest BCUT2D eigenvalue weighted by Crippen LogP contribution is 2.34. The molecule has 31 heavy (non-hydrogen) atoms. The molecule has 0 atom stereocenters. The van der Waals surface area contributed by atoms with Crippen LogP contribution in [0.15, 0.2) is 23.0 Å². The summed E-state index contributed by atoms with van der Waals surface area (Å²) in [6, 6.07) is 5.92. The van der Waals surface area contributed by atoms with Crippen molar-refractivity contribution < 1.29 is 14.2 Å². The molecule has 0 unspecified atom stereocenters. The molecule has 5 nitrogen and oxygen atoms in total. The Hall–Kier alpha value is -2.17. The Bertz CT molecular complexity index is 843. The molecular weight excluding hydrogens is 390 g/mol. The average molecular weight is 432 g/mol. The number of hydrogen-bond donors (Lipinski definition) is 0. The van der Waals surface area contributed by atoms with Crippen LogP contribution in [0.1, 0.15) is 85.0 Å². The fraction of sp³-hybridized carbons (Fsp3) is 0.654. The van der Waals surface area contributed by atoms with Gasteiger partial charge in [0, 0.05) is 18.0 Å². The topological polar surface area (TPSA) is 49.7 Å². The van der Waals surface area contributed by atoms with Gasteiger partial charge in [-0.15, -0.1) is 0 Å². The van der Waals surface area contributed by atoms with E-state index in [0.717, 1.165) is 48.8 Å². The molecule has 174 valence electrons. The zero-order chi connectivity index (χ0) is 22.5. The van der Waals surface area contributed by atoms with Crippen molar-refractivity contribution in [2.24, 2.45) is 0 Å². The van der Waals surface area contributed by atoms with E-state index in [1.165, 1.54) is 32.1 Å². The van der Waals surface area contributed by atoms with Crippen LogP contribution in [0.3, 0.4) is 0 Å². The van der Waals surface area contributed by atoms with Crippen LogP contribution < -0.4 is 19.8 Å². The lowest BCUT2D eigenvalue weighted by Crippen LogP contribution is -2.24. The van der Waals surface area contributed by atoms with Gasteiger partial charge < -0.3 is 18.8 Å². The Kier molecular flexibility index (Phi) is 11.3. The fourth-order valence-corrected chi connectivity index (χ4v) is 3.76. The van der Waals surface area contributed by atoms with E-state index < -0.39 is 0 Å². The summed E-state index contributed by atoms with van der Waals surface area (Å²) >= 11 is 0.